The Hall–Kier alpha value is -0.370. The van der Waals surface area contributed by atoms with E-state index in [4.69, 9.17) is 0 Å². The number of hydrogen-bond donors (Lipinski definition) is 0. The van der Waals surface area contributed by atoms with Crippen LogP contribution < -0.4 is 0 Å². The number of Topliss-reactive ketones (excluding diaryl/α,β-unsaturated/α-hetero) is 1. The minimum absolute atomic E-state index is 0. The van der Waals surface area contributed by atoms with Gasteiger partial charge < -0.3 is 4.90 Å². The average Bonchev–Trinajstić information content (AvgIpc) is 1.27. The van der Waals surface area contributed by atoms with Gasteiger partial charge in [-0.05, 0) is 21.0 Å². The van der Waals surface area contributed by atoms with Gasteiger partial charge in [0.05, 0.1) is 6.54 Å². The molecular weight excluding hydrogens is 114 g/mol. The zero-order valence-corrected chi connectivity index (χ0v) is 5.06. The number of likely N-dealkylation sites (N-methyl/N-ethyl adjacent to an activating group) is 1. The van der Waals surface area contributed by atoms with Crippen LogP contribution in [-0.2, 0) is 4.79 Å². The number of carbonyl (C=O) groups excluding carboxylic acids is 1. The van der Waals surface area contributed by atoms with Gasteiger partial charge in [-0.2, -0.15) is 0 Å². The second-order valence-corrected chi connectivity index (χ2v) is 1.94. The first-order chi connectivity index (χ1) is 3.13. The van der Waals surface area contributed by atoms with Gasteiger partial charge in [0, 0.05) is 0 Å². The fourth-order valence-electron chi connectivity index (χ4n) is 0.445. The van der Waals surface area contributed by atoms with E-state index in [1.165, 1.54) is 0 Å². The van der Waals surface area contributed by atoms with E-state index < -0.39 is 0 Å². The molecule has 0 fully saturated rings. The van der Waals surface area contributed by atoms with Crippen molar-refractivity contribution in [3.05, 3.63) is 0 Å². The van der Waals surface area contributed by atoms with Gasteiger partial charge in [-0.15, -0.1) is 0 Å². The van der Waals surface area contributed by atoms with E-state index in [-0.39, 0.29) is 20.6 Å². The molecule has 58 valence electrons. The van der Waals surface area contributed by atoms with Crippen LogP contribution in [0.25, 0.3) is 0 Å². The van der Waals surface area contributed by atoms with Crippen LogP contribution in [0.4, 0.5) is 0 Å². The largest absolute Gasteiger partial charge is 0.302 e. The highest BCUT2D eigenvalue weighted by molar-refractivity contribution is 5.77. The van der Waals surface area contributed by atoms with Gasteiger partial charge in [0.1, 0.15) is 5.78 Å². The van der Waals surface area contributed by atoms with Gasteiger partial charge in [0.15, 0.2) is 0 Å². The molecule has 0 spiro atoms. The van der Waals surface area contributed by atoms with Crippen LogP contribution >= 0.6 is 0 Å². The molecule has 0 radical (unpaired) electrons. The molecule has 2 heteroatoms. The first-order valence-electron chi connectivity index (χ1n) is 2.27. The summed E-state index contributed by atoms with van der Waals surface area (Å²) in [6.07, 6.45) is 0. The summed E-state index contributed by atoms with van der Waals surface area (Å²) in [5, 5.41) is 0. The van der Waals surface area contributed by atoms with Gasteiger partial charge in [-0.1, -0.05) is 14.9 Å². The molecule has 0 bridgehead atoms. The summed E-state index contributed by atoms with van der Waals surface area (Å²) in [6.45, 7) is 2.14. The molecule has 0 rings (SSSR count). The van der Waals surface area contributed by atoms with Crippen LogP contribution in [0.5, 0.6) is 0 Å². The van der Waals surface area contributed by atoms with Crippen molar-refractivity contribution in [3.63, 3.8) is 0 Å². The molecule has 0 unspecified atom stereocenters. The molecule has 0 aromatic rings. The van der Waals surface area contributed by atoms with Crippen molar-refractivity contribution < 1.29 is 4.79 Å². The number of nitrogens with zero attached hydrogens (tertiary/aromatic N) is 1. The Morgan fingerprint density at radius 1 is 1.33 bits per heavy atom. The second-order valence-electron chi connectivity index (χ2n) is 1.94. The number of hydrogen-bond acceptors (Lipinski definition) is 2. The minimum atomic E-state index is 0. The van der Waals surface area contributed by atoms with Crippen LogP contribution in [0.15, 0.2) is 0 Å². The van der Waals surface area contributed by atoms with Crippen molar-refractivity contribution in [3.8, 4) is 0 Å². The van der Waals surface area contributed by atoms with Gasteiger partial charge >= 0.3 is 0 Å². The zero-order valence-electron chi connectivity index (χ0n) is 5.06. The first kappa shape index (κ1) is 15.9. The van der Waals surface area contributed by atoms with Crippen molar-refractivity contribution in [2.45, 2.75) is 21.8 Å². The van der Waals surface area contributed by atoms with E-state index in [1.54, 1.807) is 6.92 Å². The molecular formula is C7H19NO. The van der Waals surface area contributed by atoms with Gasteiger partial charge in [0.25, 0.3) is 0 Å². The molecule has 0 aliphatic rings. The van der Waals surface area contributed by atoms with Crippen LogP contribution in [0.2, 0.25) is 0 Å². The van der Waals surface area contributed by atoms with Gasteiger partial charge in [-0.25, -0.2) is 0 Å². The molecule has 0 aliphatic heterocycles. The van der Waals surface area contributed by atoms with E-state index in [0.29, 0.717) is 6.54 Å². The predicted molar refractivity (Wildman–Crippen MR) is 42.7 cm³/mol. The molecule has 0 atom stereocenters. The number of ketones is 1. The number of rotatable bonds is 2. The highest BCUT2D eigenvalue weighted by Crippen LogP contribution is 1.72. The molecule has 0 N–H and O–H groups in total. The summed E-state index contributed by atoms with van der Waals surface area (Å²) in [5.41, 5.74) is 0. The second kappa shape index (κ2) is 7.63. The minimum Gasteiger partial charge on any atom is -0.302 e. The first-order valence-corrected chi connectivity index (χ1v) is 2.27. The predicted octanol–water partition coefficient (Wildman–Crippen LogP) is 1.41. The lowest BCUT2D eigenvalue weighted by molar-refractivity contribution is -0.117. The summed E-state index contributed by atoms with van der Waals surface area (Å²) in [4.78, 5) is 12.1. The molecule has 9 heavy (non-hydrogen) atoms. The summed E-state index contributed by atoms with van der Waals surface area (Å²) < 4.78 is 0. The lowest BCUT2D eigenvalue weighted by atomic mass is 10.4. The van der Waals surface area contributed by atoms with Crippen LogP contribution in [0, 0.1) is 0 Å². The maximum Gasteiger partial charge on any atom is 0.143 e. The molecule has 0 amide bonds. The monoisotopic (exact) mass is 133 g/mol. The molecule has 0 aromatic carbocycles. The molecule has 0 aliphatic carbocycles. The Morgan fingerprint density at radius 2 is 1.67 bits per heavy atom. The Kier molecular flexibility index (Phi) is 13.4. The third-order valence-electron chi connectivity index (χ3n) is 0.539. The lowest BCUT2D eigenvalue weighted by Gasteiger charge is -2.03. The molecule has 2 nitrogen and oxygen atoms in total. The van der Waals surface area contributed by atoms with Crippen molar-refractivity contribution in [2.75, 3.05) is 20.6 Å². The van der Waals surface area contributed by atoms with Crippen molar-refractivity contribution in [2.24, 2.45) is 0 Å². The Labute approximate surface area is 58.9 Å². The molecule has 0 saturated carbocycles. The lowest BCUT2D eigenvalue weighted by Crippen LogP contribution is -2.18. The summed E-state index contributed by atoms with van der Waals surface area (Å²) in [6, 6.07) is 0. The molecule has 0 aromatic heterocycles. The van der Waals surface area contributed by atoms with Gasteiger partial charge in [0.2, 0.25) is 0 Å². The Morgan fingerprint density at radius 3 is 1.67 bits per heavy atom. The zero-order chi connectivity index (χ0) is 5.86. The Bertz CT molecular complexity index is 69.3. The fourth-order valence-corrected chi connectivity index (χ4v) is 0.445. The van der Waals surface area contributed by atoms with E-state index in [0.717, 1.165) is 0 Å². The quantitative estimate of drug-likeness (QED) is 0.567. The highest BCUT2D eigenvalue weighted by atomic mass is 16.1. The molecule has 0 heterocycles. The van der Waals surface area contributed by atoms with Crippen molar-refractivity contribution >= 4 is 5.78 Å². The topological polar surface area (TPSA) is 20.3 Å². The smallest absolute Gasteiger partial charge is 0.143 e. The SMILES string of the molecule is C.C.CC(=O)CN(C)C. The fraction of sp³-hybridized carbons (Fsp3) is 0.857. The summed E-state index contributed by atoms with van der Waals surface area (Å²) >= 11 is 0. The van der Waals surface area contributed by atoms with Crippen LogP contribution in [0.3, 0.4) is 0 Å². The maximum atomic E-state index is 10.2. The number of carbonyl (C=O) groups is 1. The molecule has 0 saturated heterocycles. The van der Waals surface area contributed by atoms with Gasteiger partial charge in [-0.3, -0.25) is 4.79 Å². The van der Waals surface area contributed by atoms with Crippen molar-refractivity contribution in [1.82, 2.24) is 4.90 Å². The summed E-state index contributed by atoms with van der Waals surface area (Å²) in [7, 11) is 3.75. The normalized spacial score (nSPS) is 7.56. The maximum absolute atomic E-state index is 10.2. The third-order valence-corrected chi connectivity index (χ3v) is 0.539. The average molecular weight is 133 g/mol. The van der Waals surface area contributed by atoms with E-state index in [1.807, 2.05) is 19.0 Å². The third kappa shape index (κ3) is 18.4. The van der Waals surface area contributed by atoms with Crippen LogP contribution in [0.1, 0.15) is 21.8 Å². The van der Waals surface area contributed by atoms with Crippen molar-refractivity contribution in [1.29, 1.82) is 0 Å². The van der Waals surface area contributed by atoms with E-state index in [2.05, 4.69) is 0 Å². The standard InChI is InChI=1S/C5H11NO.2CH4/c1-5(7)4-6(2)3;;/h4H2,1-3H3;2*1H4. The Balaban J connectivity index is -0.000000180. The highest BCUT2D eigenvalue weighted by Gasteiger charge is 1.91. The van der Waals surface area contributed by atoms with E-state index in [9.17, 15) is 4.79 Å². The van der Waals surface area contributed by atoms with Crippen LogP contribution in [-0.4, -0.2) is 31.3 Å². The summed E-state index contributed by atoms with van der Waals surface area (Å²) in [5.74, 6) is 0.213. The van der Waals surface area contributed by atoms with E-state index >= 15 is 0 Å².